The van der Waals surface area contributed by atoms with E-state index < -0.39 is 23.5 Å². The van der Waals surface area contributed by atoms with Gasteiger partial charge < -0.3 is 9.80 Å². The average Bonchev–Trinajstić information content (AvgIpc) is 3.38. The Morgan fingerprint density at radius 3 is 2.64 bits per heavy atom. The van der Waals surface area contributed by atoms with E-state index in [0.29, 0.717) is 36.8 Å². The van der Waals surface area contributed by atoms with Gasteiger partial charge >= 0.3 is 0 Å². The summed E-state index contributed by atoms with van der Waals surface area (Å²) in [5, 5.41) is 9.05. The van der Waals surface area contributed by atoms with Crippen molar-refractivity contribution < 1.29 is 22.8 Å². The zero-order chi connectivity index (χ0) is 23.7. The minimum absolute atomic E-state index is 0.130. The summed E-state index contributed by atoms with van der Waals surface area (Å²) in [4.78, 5) is 29.1. The maximum atomic E-state index is 13.9. The van der Waals surface area contributed by atoms with Crippen molar-refractivity contribution in [3.05, 3.63) is 70.5 Å². The molecule has 0 aliphatic carbocycles. The third-order valence-electron chi connectivity index (χ3n) is 6.37. The fraction of sp³-hybridized carbons (Fsp3) is 0.375. The van der Waals surface area contributed by atoms with Gasteiger partial charge in [0, 0.05) is 49.6 Å². The van der Waals surface area contributed by atoms with Gasteiger partial charge in [0.05, 0.1) is 17.7 Å². The van der Waals surface area contributed by atoms with Gasteiger partial charge in [0.1, 0.15) is 5.82 Å². The predicted molar refractivity (Wildman–Crippen MR) is 112 cm³/mol. The molecule has 0 aromatic heterocycles. The van der Waals surface area contributed by atoms with Gasteiger partial charge in [-0.05, 0) is 42.7 Å². The number of amides is 2. The number of likely N-dealkylation sites (tertiary alicyclic amines) is 2. The molecule has 0 unspecified atom stereocenters. The van der Waals surface area contributed by atoms with Crippen molar-refractivity contribution in [2.75, 3.05) is 19.6 Å². The number of benzene rings is 2. The maximum absolute atomic E-state index is 13.9. The first-order valence-corrected chi connectivity index (χ1v) is 10.7. The molecule has 2 aromatic rings. The quantitative estimate of drug-likeness (QED) is 0.650. The standard InChI is InChI=1S/C24H22F3N4O2/c25-19-10-21(27)20(26)8-17(19)7-18(29)9-23(32)31-5-4-16-12-30(13-22(16)31)24(33)15-3-1-2-14(6-15)11-28/h1-3,6,8,10,16,18,22,29H,4-5,7,9,12-13H2/t16-,18+,22+/m0/s1. The van der Waals surface area contributed by atoms with Crippen LogP contribution in [0, 0.1) is 34.7 Å². The summed E-state index contributed by atoms with van der Waals surface area (Å²) in [6.45, 7) is 1.40. The van der Waals surface area contributed by atoms with Gasteiger partial charge in [-0.1, -0.05) is 6.07 Å². The van der Waals surface area contributed by atoms with Crippen LogP contribution in [0.15, 0.2) is 36.4 Å². The molecule has 1 radical (unpaired) electrons. The first-order chi connectivity index (χ1) is 15.8. The Morgan fingerprint density at radius 2 is 1.88 bits per heavy atom. The Labute approximate surface area is 189 Å². The Bertz CT molecular complexity index is 1130. The van der Waals surface area contributed by atoms with Crippen molar-refractivity contribution in [2.45, 2.75) is 31.3 Å². The van der Waals surface area contributed by atoms with Crippen molar-refractivity contribution in [1.82, 2.24) is 15.5 Å². The molecule has 33 heavy (non-hydrogen) atoms. The average molecular weight is 455 g/mol. The Morgan fingerprint density at radius 1 is 1.12 bits per heavy atom. The topological polar surface area (TPSA) is 88.2 Å². The van der Waals surface area contributed by atoms with Crippen LogP contribution in [0.25, 0.3) is 0 Å². The Balaban J connectivity index is 1.37. The summed E-state index contributed by atoms with van der Waals surface area (Å²) in [5.74, 6) is -3.76. The molecule has 2 fully saturated rings. The van der Waals surface area contributed by atoms with E-state index in [2.05, 4.69) is 0 Å². The largest absolute Gasteiger partial charge is 0.338 e. The van der Waals surface area contributed by atoms with Crippen LogP contribution in [0.4, 0.5) is 13.2 Å². The molecular weight excluding hydrogens is 433 g/mol. The second-order valence-corrected chi connectivity index (χ2v) is 8.57. The summed E-state index contributed by atoms with van der Waals surface area (Å²) >= 11 is 0. The van der Waals surface area contributed by atoms with Crippen molar-refractivity contribution in [2.24, 2.45) is 5.92 Å². The Hall–Kier alpha value is -3.38. The number of hydrogen-bond acceptors (Lipinski definition) is 3. The first kappa shape index (κ1) is 22.8. The van der Waals surface area contributed by atoms with E-state index in [1.165, 1.54) is 0 Å². The number of hydrogen-bond donors (Lipinski definition) is 0. The minimum Gasteiger partial charge on any atom is -0.338 e. The zero-order valence-electron chi connectivity index (χ0n) is 17.7. The smallest absolute Gasteiger partial charge is 0.253 e. The van der Waals surface area contributed by atoms with Gasteiger partial charge in [-0.15, -0.1) is 0 Å². The van der Waals surface area contributed by atoms with E-state index in [9.17, 15) is 22.8 Å². The lowest BCUT2D eigenvalue weighted by Crippen LogP contribution is -2.42. The molecule has 2 aliphatic rings. The first-order valence-electron chi connectivity index (χ1n) is 10.7. The van der Waals surface area contributed by atoms with Crippen LogP contribution in [0.5, 0.6) is 0 Å². The molecule has 2 heterocycles. The number of fused-ring (bicyclic) bond motifs is 1. The fourth-order valence-electron chi connectivity index (χ4n) is 4.73. The normalized spacial score (nSPS) is 20.5. The predicted octanol–water partition coefficient (Wildman–Crippen LogP) is 2.93. The zero-order valence-corrected chi connectivity index (χ0v) is 17.7. The van der Waals surface area contributed by atoms with Crippen LogP contribution in [-0.4, -0.2) is 53.3 Å². The van der Waals surface area contributed by atoms with Gasteiger partial charge in [-0.25, -0.2) is 13.2 Å². The van der Waals surface area contributed by atoms with Crippen LogP contribution in [0.2, 0.25) is 0 Å². The SMILES string of the molecule is N#Cc1cccc(C(=O)N2C[C@@H]3CCN(C(=O)C[C@H]([NH])Cc4cc(F)c(F)cc4F)[C@@H]3C2)c1. The molecule has 1 N–H and O–H groups in total. The van der Waals surface area contributed by atoms with Gasteiger partial charge in [-0.3, -0.25) is 15.3 Å². The maximum Gasteiger partial charge on any atom is 0.253 e. The molecule has 3 atom stereocenters. The van der Waals surface area contributed by atoms with Gasteiger partial charge in [0.2, 0.25) is 5.91 Å². The van der Waals surface area contributed by atoms with Crippen LogP contribution in [-0.2, 0) is 11.2 Å². The molecule has 6 nitrogen and oxygen atoms in total. The molecule has 0 saturated carbocycles. The highest BCUT2D eigenvalue weighted by atomic mass is 19.2. The molecular formula is C24H22F3N4O2. The monoisotopic (exact) mass is 455 g/mol. The molecule has 2 aliphatic heterocycles. The van der Waals surface area contributed by atoms with E-state index in [0.717, 1.165) is 12.5 Å². The fourth-order valence-corrected chi connectivity index (χ4v) is 4.73. The van der Waals surface area contributed by atoms with E-state index in [1.807, 2.05) is 6.07 Å². The van der Waals surface area contributed by atoms with Crippen molar-refractivity contribution in [3.63, 3.8) is 0 Å². The Kier molecular flexibility index (Phi) is 6.38. The highest BCUT2D eigenvalue weighted by molar-refractivity contribution is 5.95. The number of nitrogens with zero attached hydrogens (tertiary/aromatic N) is 3. The van der Waals surface area contributed by atoms with Gasteiger partial charge in [-0.2, -0.15) is 5.26 Å². The van der Waals surface area contributed by atoms with E-state index in [1.54, 1.807) is 34.1 Å². The molecule has 2 amide bonds. The third kappa shape index (κ3) is 4.71. The van der Waals surface area contributed by atoms with Crippen molar-refractivity contribution in [1.29, 1.82) is 5.26 Å². The lowest BCUT2D eigenvalue weighted by molar-refractivity contribution is -0.132. The summed E-state index contributed by atoms with van der Waals surface area (Å²) in [6.07, 6.45) is 0.343. The summed E-state index contributed by atoms with van der Waals surface area (Å²) < 4.78 is 40.4. The van der Waals surface area contributed by atoms with Crippen LogP contribution >= 0.6 is 0 Å². The van der Waals surface area contributed by atoms with Gasteiger partial charge in [0.25, 0.3) is 5.91 Å². The molecule has 4 rings (SSSR count). The molecule has 2 aromatic carbocycles. The molecule has 0 spiro atoms. The summed E-state index contributed by atoms with van der Waals surface area (Å²) in [6, 6.07) is 8.50. The van der Waals surface area contributed by atoms with Crippen molar-refractivity contribution >= 4 is 11.8 Å². The number of nitriles is 1. The van der Waals surface area contributed by atoms with Crippen LogP contribution in [0.3, 0.4) is 0 Å². The number of carbonyl (C=O) groups excluding carboxylic acids is 2. The molecule has 171 valence electrons. The third-order valence-corrected chi connectivity index (χ3v) is 6.37. The van der Waals surface area contributed by atoms with Gasteiger partial charge in [0.15, 0.2) is 11.6 Å². The summed E-state index contributed by atoms with van der Waals surface area (Å²) in [5.41, 5.74) is 8.83. The van der Waals surface area contributed by atoms with E-state index in [-0.39, 0.29) is 42.2 Å². The second kappa shape index (κ2) is 9.24. The highest BCUT2D eigenvalue weighted by Crippen LogP contribution is 2.33. The molecule has 2 saturated heterocycles. The second-order valence-electron chi connectivity index (χ2n) is 8.57. The minimum atomic E-state index is -1.29. The lowest BCUT2D eigenvalue weighted by atomic mass is 10.0. The number of nitrogens with one attached hydrogen (secondary N) is 1. The number of carbonyl (C=O) groups is 2. The lowest BCUT2D eigenvalue weighted by Gasteiger charge is -2.26. The van der Waals surface area contributed by atoms with Crippen LogP contribution < -0.4 is 5.73 Å². The molecule has 9 heteroatoms. The van der Waals surface area contributed by atoms with Crippen molar-refractivity contribution in [3.8, 4) is 6.07 Å². The number of rotatable bonds is 5. The molecule has 0 bridgehead atoms. The number of halogens is 3. The summed E-state index contributed by atoms with van der Waals surface area (Å²) in [7, 11) is 0. The van der Waals surface area contributed by atoms with Crippen LogP contribution in [0.1, 0.15) is 34.3 Å². The highest BCUT2D eigenvalue weighted by Gasteiger charge is 2.44. The van der Waals surface area contributed by atoms with E-state index in [4.69, 9.17) is 11.0 Å². The van der Waals surface area contributed by atoms with E-state index >= 15 is 0 Å².